The summed E-state index contributed by atoms with van der Waals surface area (Å²) in [4.78, 5) is 81.0. The lowest BCUT2D eigenvalue weighted by molar-refractivity contribution is -0.126. The van der Waals surface area contributed by atoms with Gasteiger partial charge < -0.3 is 30.3 Å². The molecule has 0 spiro atoms. The van der Waals surface area contributed by atoms with E-state index in [4.69, 9.17) is 4.74 Å². The van der Waals surface area contributed by atoms with Crippen LogP contribution in [0.5, 0.6) is 23.0 Å². The molecule has 2 heterocycles. The number of carboxylic acids is 2. The molecular formula is C35H28N2O12. The number of nitrogens with zero attached hydrogens (tertiary/aromatic N) is 2. The number of anilines is 2. The lowest BCUT2D eigenvalue weighted by atomic mass is 9.57. The number of fused-ring (bicyclic) bond motifs is 4. The number of amides is 4. The van der Waals surface area contributed by atoms with Crippen LogP contribution in [0.3, 0.4) is 0 Å². The number of hydrogen-bond donors (Lipinski definition) is 5. The zero-order valence-electron chi connectivity index (χ0n) is 25.6. The quantitative estimate of drug-likeness (QED) is 0.189. The Morgan fingerprint density at radius 3 is 1.73 bits per heavy atom. The van der Waals surface area contributed by atoms with E-state index in [1.807, 2.05) is 0 Å². The molecule has 3 aromatic rings. The van der Waals surface area contributed by atoms with E-state index >= 15 is 0 Å². The van der Waals surface area contributed by atoms with Gasteiger partial charge in [-0.3, -0.25) is 19.2 Å². The minimum absolute atomic E-state index is 0.0125. The van der Waals surface area contributed by atoms with Gasteiger partial charge in [0.2, 0.25) is 23.6 Å². The summed E-state index contributed by atoms with van der Waals surface area (Å²) in [5.74, 6) is -12.0. The van der Waals surface area contributed by atoms with Crippen molar-refractivity contribution in [1.29, 1.82) is 0 Å². The van der Waals surface area contributed by atoms with E-state index in [0.29, 0.717) is 16.9 Å². The van der Waals surface area contributed by atoms with Gasteiger partial charge in [-0.1, -0.05) is 17.7 Å². The third kappa shape index (κ3) is 4.62. The molecule has 5 N–H and O–H groups in total. The molecule has 250 valence electrons. The monoisotopic (exact) mass is 668 g/mol. The van der Waals surface area contributed by atoms with Gasteiger partial charge in [0.05, 0.1) is 42.2 Å². The lowest BCUT2D eigenvalue weighted by Gasteiger charge is -2.44. The van der Waals surface area contributed by atoms with Crippen LogP contribution in [0.25, 0.3) is 0 Å². The maximum Gasteiger partial charge on any atom is 0.339 e. The van der Waals surface area contributed by atoms with E-state index in [0.717, 1.165) is 34.1 Å². The summed E-state index contributed by atoms with van der Waals surface area (Å²) in [5.41, 5.74) is -0.0353. The zero-order valence-corrected chi connectivity index (χ0v) is 25.6. The number of benzene rings is 3. The zero-order chi connectivity index (χ0) is 35.0. The van der Waals surface area contributed by atoms with Crippen molar-refractivity contribution >= 4 is 46.9 Å². The van der Waals surface area contributed by atoms with E-state index in [1.54, 1.807) is 18.2 Å². The topological polar surface area (TPSA) is 219 Å². The minimum atomic E-state index is -1.41. The largest absolute Gasteiger partial charge is 0.508 e. The Labute approximate surface area is 277 Å². The van der Waals surface area contributed by atoms with Gasteiger partial charge in [0.15, 0.2) is 0 Å². The molecule has 2 aliphatic carbocycles. The molecule has 4 amide bonds. The van der Waals surface area contributed by atoms with Crippen molar-refractivity contribution in [3.05, 3.63) is 82.9 Å². The molecule has 0 unspecified atom stereocenters. The van der Waals surface area contributed by atoms with Crippen molar-refractivity contribution < 1.29 is 59.0 Å². The molecular weight excluding hydrogens is 640 g/mol. The van der Waals surface area contributed by atoms with E-state index in [2.05, 4.69) is 0 Å². The van der Waals surface area contributed by atoms with Crippen molar-refractivity contribution in [2.75, 3.05) is 16.9 Å². The van der Waals surface area contributed by atoms with E-state index in [1.165, 1.54) is 25.3 Å². The number of carbonyl (C=O) groups is 6. The van der Waals surface area contributed by atoms with Crippen molar-refractivity contribution in [2.24, 2.45) is 29.6 Å². The van der Waals surface area contributed by atoms with Crippen LogP contribution in [-0.2, 0) is 19.2 Å². The minimum Gasteiger partial charge on any atom is -0.508 e. The predicted octanol–water partition coefficient (Wildman–Crippen LogP) is 3.25. The van der Waals surface area contributed by atoms with Crippen LogP contribution >= 0.6 is 0 Å². The Bertz CT molecular complexity index is 2050. The first-order chi connectivity index (χ1) is 23.3. The third-order valence-corrected chi connectivity index (χ3v) is 10.2. The summed E-state index contributed by atoms with van der Waals surface area (Å²) >= 11 is 0. The molecule has 14 nitrogen and oxygen atoms in total. The normalized spacial score (nSPS) is 25.9. The van der Waals surface area contributed by atoms with Gasteiger partial charge in [-0.25, -0.2) is 19.4 Å². The molecule has 0 aromatic heterocycles. The van der Waals surface area contributed by atoms with Crippen molar-refractivity contribution in [3.8, 4) is 23.0 Å². The smallest absolute Gasteiger partial charge is 0.339 e. The average Bonchev–Trinajstić information content (AvgIpc) is 3.46. The Kier molecular flexibility index (Phi) is 7.19. The highest BCUT2D eigenvalue weighted by molar-refractivity contribution is 6.24. The SMILES string of the molecule is COc1ccc([C@H]2C3=CC[C@@H]4C(=O)N(c5ccc(C(=O)O)c(O)c5)C(=O)[C@@H]4[C@@H]3C[C@H]3C(=O)N(c4ccc(C(=O)O)c(O)c4)C(=O)[C@@H]23)c(O)c1. The number of carboxylic acid groups (broad SMARTS) is 2. The van der Waals surface area contributed by atoms with E-state index in [-0.39, 0.29) is 30.0 Å². The van der Waals surface area contributed by atoms with Crippen LogP contribution in [0.15, 0.2) is 66.2 Å². The van der Waals surface area contributed by atoms with Gasteiger partial charge in [-0.05, 0) is 49.1 Å². The molecule has 3 aromatic carbocycles. The fraction of sp³-hybridized carbons (Fsp3) is 0.257. The molecule has 0 radical (unpaired) electrons. The Morgan fingerprint density at radius 1 is 0.673 bits per heavy atom. The summed E-state index contributed by atoms with van der Waals surface area (Å²) in [5, 5.41) is 50.5. The summed E-state index contributed by atoms with van der Waals surface area (Å²) < 4.78 is 5.24. The van der Waals surface area contributed by atoms with Crippen LogP contribution in [-0.4, -0.2) is 68.2 Å². The molecule has 7 rings (SSSR count). The first-order valence-corrected chi connectivity index (χ1v) is 15.3. The first-order valence-electron chi connectivity index (χ1n) is 15.3. The maximum absolute atomic E-state index is 14.2. The van der Waals surface area contributed by atoms with Crippen LogP contribution in [0.1, 0.15) is 45.0 Å². The average molecular weight is 669 g/mol. The number of methoxy groups -OCH3 is 1. The molecule has 14 heteroatoms. The number of ether oxygens (including phenoxy) is 1. The van der Waals surface area contributed by atoms with Crippen molar-refractivity contribution in [3.63, 3.8) is 0 Å². The number of imide groups is 2. The third-order valence-electron chi connectivity index (χ3n) is 10.2. The summed E-state index contributed by atoms with van der Waals surface area (Å²) in [6.45, 7) is 0. The number of aromatic carboxylic acids is 2. The molecule has 49 heavy (non-hydrogen) atoms. The van der Waals surface area contributed by atoms with Crippen molar-refractivity contribution in [1.82, 2.24) is 0 Å². The van der Waals surface area contributed by atoms with Gasteiger partial charge in [0, 0.05) is 29.7 Å². The van der Waals surface area contributed by atoms with Crippen LogP contribution in [0, 0.1) is 29.6 Å². The van der Waals surface area contributed by atoms with Gasteiger partial charge >= 0.3 is 11.9 Å². The van der Waals surface area contributed by atoms with Crippen LogP contribution in [0.4, 0.5) is 11.4 Å². The number of allylic oxidation sites excluding steroid dienone is 2. The van der Waals surface area contributed by atoms with E-state index < -0.39 is 93.7 Å². The van der Waals surface area contributed by atoms with Gasteiger partial charge in [-0.15, -0.1) is 0 Å². The molecule has 3 fully saturated rings. The number of phenols is 3. The summed E-state index contributed by atoms with van der Waals surface area (Å²) in [7, 11) is 1.41. The first kappa shape index (κ1) is 31.4. The number of aromatic hydroxyl groups is 3. The number of phenolic OH excluding ortho intramolecular Hbond substituents is 1. The van der Waals surface area contributed by atoms with Gasteiger partial charge in [-0.2, -0.15) is 0 Å². The second-order valence-electron chi connectivity index (χ2n) is 12.5. The molecule has 2 aliphatic heterocycles. The Hall–Kier alpha value is -6.18. The second kappa shape index (κ2) is 11.2. The highest BCUT2D eigenvalue weighted by Gasteiger charge is 2.62. The number of hydrogen-bond acceptors (Lipinski definition) is 10. The molecule has 0 bridgehead atoms. The predicted molar refractivity (Wildman–Crippen MR) is 167 cm³/mol. The Morgan fingerprint density at radius 2 is 1.22 bits per heavy atom. The fourth-order valence-electron chi connectivity index (χ4n) is 8.04. The van der Waals surface area contributed by atoms with Gasteiger partial charge in [0.1, 0.15) is 34.1 Å². The number of rotatable bonds is 6. The standard InChI is InChI=1S/C35H28N2O12/c1-49-16-4-7-18(26(40)12-16)27-17-8-9-21-28(32(43)36(30(21)41)14-2-5-19(34(45)46)24(38)10-14)22(17)13-23-29(27)33(44)37(31(23)42)15-3-6-20(35(47)48)25(39)11-15/h2-8,10-12,21-23,27-29,38-40H,9,13H2,1H3,(H,45,46)(H,47,48)/t21-,22+,23+,27+,28-,29+/m0/s1. The highest BCUT2D eigenvalue weighted by atomic mass is 16.5. The van der Waals surface area contributed by atoms with Gasteiger partial charge in [0.25, 0.3) is 0 Å². The highest BCUT2D eigenvalue weighted by Crippen LogP contribution is 2.59. The lowest BCUT2D eigenvalue weighted by Crippen LogP contribution is -2.43. The van der Waals surface area contributed by atoms with Crippen LogP contribution < -0.4 is 14.5 Å². The van der Waals surface area contributed by atoms with Crippen LogP contribution in [0.2, 0.25) is 0 Å². The Balaban J connectivity index is 1.32. The fourth-order valence-corrected chi connectivity index (χ4v) is 8.04. The van der Waals surface area contributed by atoms with E-state index in [9.17, 15) is 54.3 Å². The summed E-state index contributed by atoms with van der Waals surface area (Å²) in [6.07, 6.45) is 1.85. The number of carbonyl (C=O) groups excluding carboxylic acids is 4. The molecule has 1 saturated carbocycles. The summed E-state index contributed by atoms with van der Waals surface area (Å²) in [6, 6.07) is 11.2. The second-order valence-corrected chi connectivity index (χ2v) is 12.5. The molecule has 2 saturated heterocycles. The van der Waals surface area contributed by atoms with Crippen molar-refractivity contribution in [2.45, 2.75) is 18.8 Å². The maximum atomic E-state index is 14.2. The molecule has 6 atom stereocenters. The molecule has 4 aliphatic rings.